The van der Waals surface area contributed by atoms with Gasteiger partial charge in [0.25, 0.3) is 0 Å². The van der Waals surface area contributed by atoms with Gasteiger partial charge in [0.2, 0.25) is 11.8 Å². The molecule has 0 spiro atoms. The molecule has 27 heavy (non-hydrogen) atoms. The van der Waals surface area contributed by atoms with E-state index in [4.69, 9.17) is 9.15 Å². The number of methoxy groups -OCH3 is 1. The Labute approximate surface area is 158 Å². The van der Waals surface area contributed by atoms with Crippen molar-refractivity contribution in [2.75, 3.05) is 13.7 Å². The topological polar surface area (TPSA) is 55.6 Å². The summed E-state index contributed by atoms with van der Waals surface area (Å²) in [5.74, 6) is 2.08. The van der Waals surface area contributed by atoms with Crippen molar-refractivity contribution in [1.82, 2.24) is 9.88 Å². The lowest BCUT2D eigenvalue weighted by molar-refractivity contribution is -0.131. The second kappa shape index (κ2) is 7.27. The average Bonchev–Trinajstić information content (AvgIpc) is 3.08. The fourth-order valence-corrected chi connectivity index (χ4v) is 3.41. The van der Waals surface area contributed by atoms with E-state index in [1.165, 1.54) is 11.1 Å². The second-order valence-corrected chi connectivity index (χ2v) is 6.76. The van der Waals surface area contributed by atoms with Gasteiger partial charge in [-0.25, -0.2) is 4.98 Å². The van der Waals surface area contributed by atoms with Crippen molar-refractivity contribution in [1.29, 1.82) is 0 Å². The van der Waals surface area contributed by atoms with Crippen molar-refractivity contribution in [3.05, 3.63) is 71.1 Å². The van der Waals surface area contributed by atoms with Gasteiger partial charge in [0.15, 0.2) is 0 Å². The molecule has 2 aromatic carbocycles. The Balaban J connectivity index is 1.48. The van der Waals surface area contributed by atoms with Crippen LogP contribution in [0, 0.1) is 6.92 Å². The Hall–Kier alpha value is -3.08. The van der Waals surface area contributed by atoms with Crippen LogP contribution >= 0.6 is 0 Å². The van der Waals surface area contributed by atoms with Gasteiger partial charge in [-0.15, -0.1) is 0 Å². The number of ether oxygens (including phenoxy) is 1. The molecule has 0 unspecified atom stereocenters. The minimum absolute atomic E-state index is 0.0854. The van der Waals surface area contributed by atoms with Gasteiger partial charge < -0.3 is 14.1 Å². The summed E-state index contributed by atoms with van der Waals surface area (Å²) in [6.07, 6.45) is 1.16. The van der Waals surface area contributed by atoms with Crippen molar-refractivity contribution in [3.8, 4) is 17.2 Å². The highest BCUT2D eigenvalue weighted by molar-refractivity contribution is 5.79. The van der Waals surface area contributed by atoms with E-state index in [-0.39, 0.29) is 12.3 Å². The fraction of sp³-hybridized carbons (Fsp3) is 0.273. The Kier molecular flexibility index (Phi) is 4.67. The van der Waals surface area contributed by atoms with Gasteiger partial charge in [-0.1, -0.05) is 24.3 Å². The van der Waals surface area contributed by atoms with Crippen molar-refractivity contribution in [2.45, 2.75) is 26.3 Å². The molecule has 0 radical (unpaired) electrons. The normalized spacial score (nSPS) is 13.3. The predicted octanol–water partition coefficient (Wildman–Crippen LogP) is 3.79. The molecule has 0 N–H and O–H groups in total. The lowest BCUT2D eigenvalue weighted by Crippen LogP contribution is -2.37. The van der Waals surface area contributed by atoms with Crippen molar-refractivity contribution in [2.24, 2.45) is 0 Å². The minimum Gasteiger partial charge on any atom is -0.497 e. The molecule has 1 aromatic heterocycles. The zero-order chi connectivity index (χ0) is 18.8. The quantitative estimate of drug-likeness (QED) is 0.709. The molecule has 0 aliphatic carbocycles. The van der Waals surface area contributed by atoms with Crippen LogP contribution in [0.3, 0.4) is 0 Å². The smallest absolute Gasteiger partial charge is 0.229 e. The number of hydrogen-bond acceptors (Lipinski definition) is 4. The third-order valence-electron chi connectivity index (χ3n) is 5.03. The van der Waals surface area contributed by atoms with Gasteiger partial charge in [-0.3, -0.25) is 4.79 Å². The SMILES string of the molecule is COc1ccc(-c2nc(CC(=O)N3CCc4ccccc4C3)c(C)o2)cc1. The molecule has 4 rings (SSSR count). The van der Waals surface area contributed by atoms with Crippen LogP contribution in [0.2, 0.25) is 0 Å². The van der Waals surface area contributed by atoms with Gasteiger partial charge >= 0.3 is 0 Å². The number of aromatic nitrogens is 1. The molecule has 1 amide bonds. The first kappa shape index (κ1) is 17.3. The van der Waals surface area contributed by atoms with E-state index in [9.17, 15) is 4.79 Å². The van der Waals surface area contributed by atoms with Gasteiger partial charge in [0.1, 0.15) is 11.5 Å². The number of carbonyl (C=O) groups is 1. The Morgan fingerprint density at radius 2 is 1.89 bits per heavy atom. The van der Waals surface area contributed by atoms with Crippen LogP contribution in [-0.4, -0.2) is 29.4 Å². The zero-order valence-corrected chi connectivity index (χ0v) is 15.6. The third kappa shape index (κ3) is 3.58. The molecule has 0 bridgehead atoms. The Bertz CT molecular complexity index is 960. The standard InChI is InChI=1S/C22H22N2O3/c1-15-20(23-22(27-15)17-7-9-19(26-2)10-8-17)13-21(25)24-12-11-16-5-3-4-6-18(16)14-24/h3-10H,11-14H2,1-2H3. The van der Waals surface area contributed by atoms with E-state index in [0.29, 0.717) is 23.9 Å². The summed E-state index contributed by atoms with van der Waals surface area (Å²) < 4.78 is 11.0. The molecule has 0 atom stereocenters. The summed E-state index contributed by atoms with van der Waals surface area (Å²) in [6, 6.07) is 15.8. The summed E-state index contributed by atoms with van der Waals surface area (Å²) >= 11 is 0. The maximum atomic E-state index is 12.8. The average molecular weight is 362 g/mol. The van der Waals surface area contributed by atoms with Gasteiger partial charge in [0.05, 0.1) is 19.2 Å². The first-order valence-electron chi connectivity index (χ1n) is 9.09. The number of nitrogens with zero attached hydrogens (tertiary/aromatic N) is 2. The molecule has 1 aliphatic rings. The van der Waals surface area contributed by atoms with E-state index in [0.717, 1.165) is 24.3 Å². The fourth-order valence-electron chi connectivity index (χ4n) is 3.41. The lowest BCUT2D eigenvalue weighted by atomic mass is 9.99. The summed E-state index contributed by atoms with van der Waals surface area (Å²) in [6.45, 7) is 3.27. The highest BCUT2D eigenvalue weighted by Gasteiger charge is 2.23. The number of fused-ring (bicyclic) bond motifs is 1. The molecule has 0 fully saturated rings. The molecule has 0 saturated carbocycles. The minimum atomic E-state index is 0.0854. The number of oxazole rings is 1. The first-order valence-corrected chi connectivity index (χ1v) is 9.09. The molecule has 5 nitrogen and oxygen atoms in total. The summed E-state index contributed by atoms with van der Waals surface area (Å²) in [5.41, 5.74) is 4.13. The largest absolute Gasteiger partial charge is 0.497 e. The lowest BCUT2D eigenvalue weighted by Gasteiger charge is -2.28. The highest BCUT2D eigenvalue weighted by atomic mass is 16.5. The molecule has 2 heterocycles. The summed E-state index contributed by atoms with van der Waals surface area (Å²) in [4.78, 5) is 19.3. The maximum Gasteiger partial charge on any atom is 0.229 e. The van der Waals surface area contributed by atoms with Crippen LogP contribution in [0.1, 0.15) is 22.6 Å². The summed E-state index contributed by atoms with van der Waals surface area (Å²) in [7, 11) is 1.63. The number of carbonyl (C=O) groups excluding carboxylic acids is 1. The van der Waals surface area contributed by atoms with Crippen molar-refractivity contribution >= 4 is 5.91 Å². The van der Waals surface area contributed by atoms with E-state index < -0.39 is 0 Å². The molecule has 3 aromatic rings. The molecular weight excluding hydrogens is 340 g/mol. The number of amides is 1. The number of aryl methyl sites for hydroxylation is 1. The molecular formula is C22H22N2O3. The zero-order valence-electron chi connectivity index (χ0n) is 15.6. The van der Waals surface area contributed by atoms with Crippen LogP contribution in [0.4, 0.5) is 0 Å². The third-order valence-corrected chi connectivity index (χ3v) is 5.03. The molecule has 138 valence electrons. The maximum absolute atomic E-state index is 12.8. The number of rotatable bonds is 4. The van der Waals surface area contributed by atoms with Crippen molar-refractivity contribution in [3.63, 3.8) is 0 Å². The van der Waals surface area contributed by atoms with Gasteiger partial charge in [-0.2, -0.15) is 0 Å². The second-order valence-electron chi connectivity index (χ2n) is 6.76. The molecule has 1 aliphatic heterocycles. The van der Waals surface area contributed by atoms with Crippen LogP contribution in [0.15, 0.2) is 52.9 Å². The summed E-state index contributed by atoms with van der Waals surface area (Å²) in [5, 5.41) is 0. The molecule has 0 saturated heterocycles. The van der Waals surface area contributed by atoms with E-state index in [1.807, 2.05) is 42.2 Å². The first-order chi connectivity index (χ1) is 13.1. The number of hydrogen-bond donors (Lipinski definition) is 0. The van der Waals surface area contributed by atoms with Gasteiger partial charge in [0, 0.05) is 18.7 Å². The van der Waals surface area contributed by atoms with Crippen LogP contribution in [-0.2, 0) is 24.2 Å². The highest BCUT2D eigenvalue weighted by Crippen LogP contribution is 2.25. The van der Waals surface area contributed by atoms with Crippen molar-refractivity contribution < 1.29 is 13.9 Å². The van der Waals surface area contributed by atoms with Crippen LogP contribution < -0.4 is 4.74 Å². The van der Waals surface area contributed by atoms with Gasteiger partial charge in [-0.05, 0) is 48.7 Å². The van der Waals surface area contributed by atoms with Crippen LogP contribution in [0.25, 0.3) is 11.5 Å². The predicted molar refractivity (Wildman–Crippen MR) is 102 cm³/mol. The van der Waals surface area contributed by atoms with E-state index in [1.54, 1.807) is 7.11 Å². The monoisotopic (exact) mass is 362 g/mol. The van der Waals surface area contributed by atoms with E-state index in [2.05, 4.69) is 23.2 Å². The van der Waals surface area contributed by atoms with Crippen LogP contribution in [0.5, 0.6) is 5.75 Å². The Morgan fingerprint density at radius 1 is 1.15 bits per heavy atom. The van der Waals surface area contributed by atoms with E-state index >= 15 is 0 Å². The Morgan fingerprint density at radius 3 is 2.63 bits per heavy atom. The number of benzene rings is 2. The molecule has 5 heteroatoms.